The Balaban J connectivity index is 1.39. The van der Waals surface area contributed by atoms with Gasteiger partial charge < -0.3 is 9.47 Å². The van der Waals surface area contributed by atoms with Gasteiger partial charge in [0.05, 0.1) is 11.0 Å². The van der Waals surface area contributed by atoms with Crippen LogP contribution in [0.3, 0.4) is 0 Å². The number of nitrogens with zero attached hydrogens (tertiary/aromatic N) is 3. The van der Waals surface area contributed by atoms with Gasteiger partial charge in [-0.05, 0) is 36.8 Å². The molecule has 1 aliphatic rings. The van der Waals surface area contributed by atoms with E-state index in [2.05, 4.69) is 36.1 Å². The van der Waals surface area contributed by atoms with Crippen LogP contribution in [0.5, 0.6) is 0 Å². The van der Waals surface area contributed by atoms with Crippen LogP contribution in [0.25, 0.3) is 21.8 Å². The molecule has 5 nitrogen and oxygen atoms in total. The Morgan fingerprint density at radius 2 is 1.44 bits per heavy atom. The Morgan fingerprint density at radius 1 is 0.844 bits per heavy atom. The smallest absolute Gasteiger partial charge is 0.242 e. The second-order valence-corrected chi connectivity index (χ2v) is 8.61. The molecular formula is C27H27N3O2. The fourth-order valence-electron chi connectivity index (χ4n) is 4.86. The van der Waals surface area contributed by atoms with Gasteiger partial charge in [-0.1, -0.05) is 54.6 Å². The number of para-hydroxylation sites is 2. The van der Waals surface area contributed by atoms with E-state index < -0.39 is 0 Å². The largest absolute Gasteiger partial charge is 0.336 e. The predicted molar refractivity (Wildman–Crippen MR) is 129 cm³/mol. The first-order chi connectivity index (χ1) is 15.6. The zero-order valence-electron chi connectivity index (χ0n) is 18.3. The van der Waals surface area contributed by atoms with Gasteiger partial charge in [0.2, 0.25) is 5.91 Å². The molecule has 1 fully saturated rings. The lowest BCUT2D eigenvalue weighted by Gasteiger charge is -2.40. The van der Waals surface area contributed by atoms with Crippen LogP contribution in [-0.4, -0.2) is 46.0 Å². The summed E-state index contributed by atoms with van der Waals surface area (Å²) in [7, 11) is 0. The van der Waals surface area contributed by atoms with Crippen LogP contribution in [0.15, 0.2) is 83.7 Å². The number of rotatable bonds is 4. The summed E-state index contributed by atoms with van der Waals surface area (Å²) < 4.78 is 2.00. The maximum Gasteiger partial charge on any atom is 0.242 e. The molecule has 3 aromatic carbocycles. The number of pyridine rings is 1. The van der Waals surface area contributed by atoms with Crippen molar-refractivity contribution in [1.29, 1.82) is 0 Å². The molecule has 0 N–H and O–H groups in total. The Labute approximate surface area is 187 Å². The van der Waals surface area contributed by atoms with E-state index in [0.29, 0.717) is 17.3 Å². The minimum absolute atomic E-state index is 0.0165. The van der Waals surface area contributed by atoms with E-state index in [4.69, 9.17) is 0 Å². The first kappa shape index (κ1) is 20.5. The van der Waals surface area contributed by atoms with Gasteiger partial charge in [-0.3, -0.25) is 14.5 Å². The fraction of sp³-hybridized carbons (Fsp3) is 0.259. The first-order valence-corrected chi connectivity index (χ1v) is 11.2. The molecule has 32 heavy (non-hydrogen) atoms. The van der Waals surface area contributed by atoms with Gasteiger partial charge in [0.15, 0.2) is 5.43 Å². The van der Waals surface area contributed by atoms with Crippen molar-refractivity contribution in [2.75, 3.05) is 19.6 Å². The number of piperazine rings is 1. The van der Waals surface area contributed by atoms with E-state index >= 15 is 0 Å². The summed E-state index contributed by atoms with van der Waals surface area (Å²) in [6.07, 6.45) is 0. The lowest BCUT2D eigenvalue weighted by atomic mass is 10.1. The number of amides is 1. The first-order valence-electron chi connectivity index (χ1n) is 11.2. The van der Waals surface area contributed by atoms with Gasteiger partial charge in [0, 0.05) is 43.0 Å². The predicted octanol–water partition coefficient (Wildman–Crippen LogP) is 3.89. The average Bonchev–Trinajstić information content (AvgIpc) is 2.82. The fourth-order valence-corrected chi connectivity index (χ4v) is 4.86. The molecule has 1 amide bonds. The normalized spacial score (nSPS) is 17.2. The molecule has 0 radical (unpaired) electrons. The van der Waals surface area contributed by atoms with Gasteiger partial charge in [0.25, 0.3) is 0 Å². The van der Waals surface area contributed by atoms with Gasteiger partial charge in [-0.25, -0.2) is 0 Å². The van der Waals surface area contributed by atoms with Crippen molar-refractivity contribution in [3.8, 4) is 0 Å². The number of aromatic nitrogens is 1. The molecule has 1 saturated heterocycles. The lowest BCUT2D eigenvalue weighted by Crippen LogP contribution is -2.54. The maximum absolute atomic E-state index is 13.4. The summed E-state index contributed by atoms with van der Waals surface area (Å²) in [6.45, 7) is 5.68. The summed E-state index contributed by atoms with van der Waals surface area (Å²) in [5, 5.41) is 1.31. The van der Waals surface area contributed by atoms with E-state index in [1.165, 1.54) is 5.56 Å². The van der Waals surface area contributed by atoms with Crippen LogP contribution in [0.4, 0.5) is 0 Å². The number of hydrogen-bond acceptors (Lipinski definition) is 3. The molecule has 1 unspecified atom stereocenters. The van der Waals surface area contributed by atoms with Gasteiger partial charge in [0.1, 0.15) is 6.54 Å². The third-order valence-corrected chi connectivity index (χ3v) is 6.45. The third kappa shape index (κ3) is 3.80. The Bertz CT molecular complexity index is 1270. The average molecular weight is 426 g/mol. The molecule has 2 heterocycles. The SMILES string of the molecule is CC1CN(Cc2ccccc2)CCN1C(=O)Cn1c2ccccc2c(=O)c2ccccc21. The van der Waals surface area contributed by atoms with Gasteiger partial charge in [-0.15, -0.1) is 0 Å². The Hall–Kier alpha value is -3.44. The van der Waals surface area contributed by atoms with Crippen molar-refractivity contribution >= 4 is 27.7 Å². The molecule has 1 atom stereocenters. The van der Waals surface area contributed by atoms with Gasteiger partial charge in [-0.2, -0.15) is 0 Å². The molecule has 5 heteroatoms. The number of carbonyl (C=O) groups is 1. The van der Waals surface area contributed by atoms with Crippen molar-refractivity contribution < 1.29 is 4.79 Å². The Kier molecular flexibility index (Phi) is 5.50. The Morgan fingerprint density at radius 3 is 2.06 bits per heavy atom. The van der Waals surface area contributed by atoms with Crippen molar-refractivity contribution in [2.24, 2.45) is 0 Å². The van der Waals surface area contributed by atoms with Crippen molar-refractivity contribution in [3.63, 3.8) is 0 Å². The van der Waals surface area contributed by atoms with E-state index in [9.17, 15) is 9.59 Å². The van der Waals surface area contributed by atoms with Gasteiger partial charge >= 0.3 is 0 Å². The van der Waals surface area contributed by atoms with Crippen LogP contribution >= 0.6 is 0 Å². The number of benzene rings is 3. The quantitative estimate of drug-likeness (QED) is 0.466. The molecule has 4 aromatic rings. The maximum atomic E-state index is 13.4. The van der Waals surface area contributed by atoms with Crippen molar-refractivity contribution in [1.82, 2.24) is 14.4 Å². The second kappa shape index (κ2) is 8.60. The molecule has 0 saturated carbocycles. The topological polar surface area (TPSA) is 45.5 Å². The van der Waals surface area contributed by atoms with Crippen molar-refractivity contribution in [2.45, 2.75) is 26.1 Å². The highest BCUT2D eigenvalue weighted by Gasteiger charge is 2.28. The highest BCUT2D eigenvalue weighted by atomic mass is 16.2. The van der Waals surface area contributed by atoms with Crippen LogP contribution < -0.4 is 5.43 Å². The summed E-state index contributed by atoms with van der Waals surface area (Å²) >= 11 is 0. The molecule has 162 valence electrons. The van der Waals surface area contributed by atoms with Crippen LogP contribution in [0, 0.1) is 0 Å². The lowest BCUT2D eigenvalue weighted by molar-refractivity contribution is -0.136. The standard InChI is InChI=1S/C27H27N3O2/c1-20-17-28(18-21-9-3-2-4-10-21)15-16-29(20)26(31)19-30-24-13-7-5-11-22(24)27(32)23-12-6-8-14-25(23)30/h2-14,20H,15-19H2,1H3. The highest BCUT2D eigenvalue weighted by Crippen LogP contribution is 2.20. The summed E-state index contributed by atoms with van der Waals surface area (Å²) in [4.78, 5) is 30.8. The van der Waals surface area contributed by atoms with E-state index in [1.54, 1.807) is 0 Å². The molecule has 1 aromatic heterocycles. The van der Waals surface area contributed by atoms with Crippen LogP contribution in [0.1, 0.15) is 12.5 Å². The molecule has 0 spiro atoms. The molecule has 0 aliphatic carbocycles. The number of hydrogen-bond donors (Lipinski definition) is 0. The third-order valence-electron chi connectivity index (χ3n) is 6.45. The molecule has 5 rings (SSSR count). The highest BCUT2D eigenvalue weighted by molar-refractivity contribution is 5.94. The minimum atomic E-state index is 0.0165. The number of fused-ring (bicyclic) bond motifs is 2. The number of carbonyl (C=O) groups excluding carboxylic acids is 1. The minimum Gasteiger partial charge on any atom is -0.336 e. The molecule has 0 bridgehead atoms. The summed E-state index contributed by atoms with van der Waals surface area (Å²) in [6, 6.07) is 25.7. The van der Waals surface area contributed by atoms with E-state index in [0.717, 1.165) is 30.7 Å². The van der Waals surface area contributed by atoms with Crippen molar-refractivity contribution in [3.05, 3.63) is 94.6 Å². The molecular weight excluding hydrogens is 398 g/mol. The van der Waals surface area contributed by atoms with E-state index in [1.807, 2.05) is 64.1 Å². The monoisotopic (exact) mass is 425 g/mol. The van der Waals surface area contributed by atoms with Crippen LogP contribution in [0.2, 0.25) is 0 Å². The van der Waals surface area contributed by atoms with Crippen LogP contribution in [-0.2, 0) is 17.9 Å². The zero-order valence-corrected chi connectivity index (χ0v) is 18.3. The summed E-state index contributed by atoms with van der Waals surface area (Å²) in [5.41, 5.74) is 2.92. The molecule has 1 aliphatic heterocycles. The summed E-state index contributed by atoms with van der Waals surface area (Å²) in [5.74, 6) is 0.0933. The zero-order chi connectivity index (χ0) is 22.1. The second-order valence-electron chi connectivity index (χ2n) is 8.61. The van der Waals surface area contributed by atoms with E-state index in [-0.39, 0.29) is 23.9 Å².